The monoisotopic (exact) mass is 360 g/mol. The fourth-order valence-corrected chi connectivity index (χ4v) is 2.30. The summed E-state index contributed by atoms with van der Waals surface area (Å²) in [6.07, 6.45) is 0. The lowest BCUT2D eigenvalue weighted by molar-refractivity contribution is -0.114. The maximum atomic E-state index is 12.0. The highest BCUT2D eigenvalue weighted by atomic mass is 35.5. The summed E-state index contributed by atoms with van der Waals surface area (Å²) in [6.45, 7) is 1.44. The largest absolute Gasteiger partial charge is 0.465 e. The Bertz CT molecular complexity index is 820. The average molecular weight is 361 g/mol. The van der Waals surface area contributed by atoms with Gasteiger partial charge in [-0.2, -0.15) is 0 Å². The first-order chi connectivity index (χ1) is 11.9. The lowest BCUT2D eigenvalue weighted by atomic mass is 10.1. The third-order valence-corrected chi connectivity index (χ3v) is 3.71. The van der Waals surface area contributed by atoms with Gasteiger partial charge in [-0.25, -0.2) is 4.79 Å². The van der Waals surface area contributed by atoms with Crippen molar-refractivity contribution in [1.82, 2.24) is 0 Å². The Morgan fingerprint density at radius 3 is 2.52 bits per heavy atom. The topological polar surface area (TPSA) is 84.5 Å². The van der Waals surface area contributed by atoms with Crippen LogP contribution in [0.25, 0.3) is 0 Å². The molecule has 0 spiro atoms. The van der Waals surface area contributed by atoms with E-state index >= 15 is 0 Å². The molecule has 1 amide bonds. The highest BCUT2D eigenvalue weighted by Crippen LogP contribution is 2.21. The zero-order valence-electron chi connectivity index (χ0n) is 13.8. The molecule has 2 aromatic carbocycles. The number of halogens is 1. The predicted octanol–water partition coefficient (Wildman–Crippen LogP) is 3.38. The van der Waals surface area contributed by atoms with Crippen molar-refractivity contribution >= 4 is 40.6 Å². The quantitative estimate of drug-likeness (QED) is 0.609. The van der Waals surface area contributed by atoms with E-state index in [-0.39, 0.29) is 28.8 Å². The van der Waals surface area contributed by atoms with Gasteiger partial charge < -0.3 is 15.4 Å². The van der Waals surface area contributed by atoms with Crippen molar-refractivity contribution < 1.29 is 19.1 Å². The summed E-state index contributed by atoms with van der Waals surface area (Å²) in [6, 6.07) is 11.4. The van der Waals surface area contributed by atoms with E-state index in [1.165, 1.54) is 20.1 Å². The highest BCUT2D eigenvalue weighted by Gasteiger charge is 2.12. The zero-order chi connectivity index (χ0) is 18.4. The summed E-state index contributed by atoms with van der Waals surface area (Å²) in [7, 11) is 1.27. The molecule has 0 saturated heterocycles. The molecule has 25 heavy (non-hydrogen) atoms. The summed E-state index contributed by atoms with van der Waals surface area (Å²) < 4.78 is 4.65. The van der Waals surface area contributed by atoms with Crippen LogP contribution in [0.15, 0.2) is 42.5 Å². The van der Waals surface area contributed by atoms with Gasteiger partial charge in [0.15, 0.2) is 5.78 Å². The van der Waals surface area contributed by atoms with E-state index in [0.29, 0.717) is 16.9 Å². The van der Waals surface area contributed by atoms with Gasteiger partial charge in [-0.1, -0.05) is 23.7 Å². The van der Waals surface area contributed by atoms with Crippen molar-refractivity contribution in [3.05, 3.63) is 58.6 Å². The number of anilines is 2. The number of nitrogens with one attached hydrogen (secondary N) is 2. The molecule has 0 unspecified atom stereocenters. The molecule has 2 N–H and O–H groups in total. The van der Waals surface area contributed by atoms with E-state index in [9.17, 15) is 14.4 Å². The fraction of sp³-hybridized carbons (Fsp3) is 0.167. The number of hydrogen-bond acceptors (Lipinski definition) is 5. The number of Topliss-reactive ketones (excluding diaryl/α,β-unsaturated/α-hetero) is 1. The Morgan fingerprint density at radius 2 is 1.84 bits per heavy atom. The molecule has 7 heteroatoms. The van der Waals surface area contributed by atoms with Gasteiger partial charge in [0.05, 0.1) is 24.2 Å². The standard InChI is InChI=1S/C18H17ClN2O4/c1-11(22)12-4-3-5-14(8-12)21-17(23)10-20-13-6-7-16(19)15(9-13)18(24)25-2/h3-9,20H,10H2,1-2H3,(H,21,23). The zero-order valence-corrected chi connectivity index (χ0v) is 14.5. The van der Waals surface area contributed by atoms with Gasteiger partial charge in [0.1, 0.15) is 0 Å². The van der Waals surface area contributed by atoms with Crippen LogP contribution < -0.4 is 10.6 Å². The second-order valence-electron chi connectivity index (χ2n) is 5.22. The van der Waals surface area contributed by atoms with E-state index in [2.05, 4.69) is 15.4 Å². The minimum atomic E-state index is -0.556. The van der Waals surface area contributed by atoms with Crippen LogP contribution in [0.3, 0.4) is 0 Å². The number of carbonyl (C=O) groups excluding carboxylic acids is 3. The number of ketones is 1. The Balaban J connectivity index is 1.99. The number of amides is 1. The van der Waals surface area contributed by atoms with Crippen LogP contribution in [0.4, 0.5) is 11.4 Å². The average Bonchev–Trinajstić information content (AvgIpc) is 2.60. The summed E-state index contributed by atoms with van der Waals surface area (Å²) >= 11 is 5.94. The first kappa shape index (κ1) is 18.5. The molecule has 0 aliphatic rings. The smallest absolute Gasteiger partial charge is 0.339 e. The number of ether oxygens (including phenoxy) is 1. The predicted molar refractivity (Wildman–Crippen MR) is 96.4 cm³/mol. The molecule has 0 saturated carbocycles. The first-order valence-corrected chi connectivity index (χ1v) is 7.81. The van der Waals surface area contributed by atoms with Crippen LogP contribution in [0.1, 0.15) is 27.6 Å². The van der Waals surface area contributed by atoms with Crippen LogP contribution in [0.5, 0.6) is 0 Å². The van der Waals surface area contributed by atoms with E-state index < -0.39 is 5.97 Å². The summed E-state index contributed by atoms with van der Waals surface area (Å²) in [5, 5.41) is 5.87. The minimum Gasteiger partial charge on any atom is -0.465 e. The van der Waals surface area contributed by atoms with E-state index in [1.54, 1.807) is 36.4 Å². The Morgan fingerprint density at radius 1 is 1.08 bits per heavy atom. The normalized spacial score (nSPS) is 10.0. The van der Waals surface area contributed by atoms with Gasteiger partial charge in [0.2, 0.25) is 5.91 Å². The lowest BCUT2D eigenvalue weighted by Crippen LogP contribution is -2.22. The number of hydrogen-bond donors (Lipinski definition) is 2. The van der Waals surface area contributed by atoms with Crippen molar-refractivity contribution in [2.75, 3.05) is 24.3 Å². The molecule has 2 aromatic rings. The van der Waals surface area contributed by atoms with Crippen LogP contribution in [-0.2, 0) is 9.53 Å². The molecular formula is C18H17ClN2O4. The Labute approximate surface area is 150 Å². The van der Waals surface area contributed by atoms with Gasteiger partial charge in [0.25, 0.3) is 0 Å². The number of carbonyl (C=O) groups is 3. The van der Waals surface area contributed by atoms with Crippen LogP contribution in [0.2, 0.25) is 5.02 Å². The lowest BCUT2D eigenvalue weighted by Gasteiger charge is -2.10. The molecule has 0 radical (unpaired) electrons. The van der Waals surface area contributed by atoms with Crippen molar-refractivity contribution in [3.63, 3.8) is 0 Å². The number of rotatable bonds is 6. The number of methoxy groups -OCH3 is 1. The Kier molecular flexibility index (Phi) is 6.14. The second-order valence-corrected chi connectivity index (χ2v) is 5.63. The first-order valence-electron chi connectivity index (χ1n) is 7.43. The summed E-state index contributed by atoms with van der Waals surface area (Å²) in [5.41, 5.74) is 1.82. The Hall–Kier alpha value is -2.86. The molecule has 0 aromatic heterocycles. The molecule has 0 bridgehead atoms. The number of esters is 1. The molecule has 130 valence electrons. The molecule has 0 aliphatic carbocycles. The fourth-order valence-electron chi connectivity index (χ4n) is 2.11. The third-order valence-electron chi connectivity index (χ3n) is 3.38. The van der Waals surface area contributed by atoms with Crippen molar-refractivity contribution in [2.24, 2.45) is 0 Å². The van der Waals surface area contributed by atoms with E-state index in [4.69, 9.17) is 11.6 Å². The van der Waals surface area contributed by atoms with Crippen LogP contribution in [0, 0.1) is 0 Å². The maximum absolute atomic E-state index is 12.0. The number of benzene rings is 2. The molecule has 0 fully saturated rings. The van der Waals surface area contributed by atoms with Crippen LogP contribution >= 0.6 is 11.6 Å². The molecule has 2 rings (SSSR count). The van der Waals surface area contributed by atoms with Crippen LogP contribution in [-0.4, -0.2) is 31.3 Å². The van der Waals surface area contributed by atoms with Gasteiger partial charge in [0, 0.05) is 16.9 Å². The molecule has 0 heterocycles. The van der Waals surface area contributed by atoms with Gasteiger partial charge in [-0.3, -0.25) is 9.59 Å². The molecule has 6 nitrogen and oxygen atoms in total. The summed E-state index contributed by atoms with van der Waals surface area (Å²) in [4.78, 5) is 35.0. The van der Waals surface area contributed by atoms with Gasteiger partial charge in [-0.15, -0.1) is 0 Å². The van der Waals surface area contributed by atoms with Crippen molar-refractivity contribution in [2.45, 2.75) is 6.92 Å². The van der Waals surface area contributed by atoms with Gasteiger partial charge >= 0.3 is 5.97 Å². The van der Waals surface area contributed by atoms with Crippen molar-refractivity contribution in [1.29, 1.82) is 0 Å². The third kappa shape index (κ3) is 5.06. The highest BCUT2D eigenvalue weighted by molar-refractivity contribution is 6.33. The van der Waals surface area contributed by atoms with E-state index in [1.807, 2.05) is 0 Å². The minimum absolute atomic E-state index is 0.0213. The molecule has 0 atom stereocenters. The SMILES string of the molecule is COC(=O)c1cc(NCC(=O)Nc2cccc(C(C)=O)c2)ccc1Cl. The van der Waals surface area contributed by atoms with E-state index in [0.717, 1.165) is 0 Å². The second kappa shape index (κ2) is 8.30. The summed E-state index contributed by atoms with van der Waals surface area (Å²) in [5.74, 6) is -0.930. The molecule has 0 aliphatic heterocycles. The maximum Gasteiger partial charge on any atom is 0.339 e. The van der Waals surface area contributed by atoms with Crippen molar-refractivity contribution in [3.8, 4) is 0 Å². The van der Waals surface area contributed by atoms with Gasteiger partial charge in [-0.05, 0) is 37.3 Å². The molecular weight excluding hydrogens is 344 g/mol.